The number of rotatable bonds is 15. The van der Waals surface area contributed by atoms with Gasteiger partial charge < -0.3 is 18.7 Å². The van der Waals surface area contributed by atoms with Crippen LogP contribution in [0.1, 0.15) is 111 Å². The molecule has 9 heteroatoms. The second-order valence-electron chi connectivity index (χ2n) is 13.4. The molecule has 0 fully saturated rings. The van der Waals surface area contributed by atoms with Gasteiger partial charge in [-0.25, -0.2) is 4.79 Å². The zero-order valence-electron chi connectivity index (χ0n) is 30.0. The minimum absolute atomic E-state index is 0.256. The highest BCUT2D eigenvalue weighted by molar-refractivity contribution is 14.1. The summed E-state index contributed by atoms with van der Waals surface area (Å²) in [6.45, 7) is 20.0. The average molecular weight is 780 g/mol. The zero-order chi connectivity index (χ0) is 34.7. The Balaban J connectivity index is 0.000000771. The fourth-order valence-electron chi connectivity index (χ4n) is 6.21. The van der Waals surface area contributed by atoms with E-state index in [1.54, 1.807) is 0 Å². The van der Waals surface area contributed by atoms with E-state index in [2.05, 4.69) is 98.2 Å². The summed E-state index contributed by atoms with van der Waals surface area (Å²) in [5.74, 6) is 1.49. The Labute approximate surface area is 298 Å². The summed E-state index contributed by atoms with van der Waals surface area (Å²) >= 11 is 2.32. The molecule has 260 valence electrons. The fourth-order valence-corrected chi connectivity index (χ4v) is 8.86. The molecule has 0 saturated carbocycles. The molecule has 0 saturated heterocycles. The van der Waals surface area contributed by atoms with Crippen molar-refractivity contribution in [2.24, 2.45) is 0 Å². The molecule has 2 atom stereocenters. The van der Waals surface area contributed by atoms with Crippen molar-refractivity contribution in [3.63, 3.8) is 0 Å². The van der Waals surface area contributed by atoms with E-state index in [4.69, 9.17) is 14.0 Å². The average Bonchev–Trinajstić information content (AvgIpc) is 3.59. The van der Waals surface area contributed by atoms with Crippen LogP contribution in [0.3, 0.4) is 0 Å². The van der Waals surface area contributed by atoms with Gasteiger partial charge in [-0.2, -0.15) is 0 Å². The lowest BCUT2D eigenvalue weighted by Crippen LogP contribution is -2.17. The molecular formula is C38H55INO6P. The Morgan fingerprint density at radius 2 is 1.87 bits per heavy atom. The maximum atomic E-state index is 12.7. The minimum atomic E-state index is -0.678. The number of benzene rings is 2. The quantitative estimate of drug-likeness (QED) is 0.0446. The van der Waals surface area contributed by atoms with Crippen LogP contribution >= 0.6 is 30.7 Å². The van der Waals surface area contributed by atoms with Crippen LogP contribution in [0.5, 0.6) is 11.5 Å². The molecule has 47 heavy (non-hydrogen) atoms. The lowest BCUT2D eigenvalue weighted by Gasteiger charge is -2.27. The molecule has 0 aromatic heterocycles. The third-order valence-corrected chi connectivity index (χ3v) is 11.7. The SMILES string of the molecule is CC(C)(C)OC=O.CCCC(CC)P(C/C(C)=C/Cc1c(CC)c(C)c2c(c1OCCI)C(=O)OC2)Oc1ccc2c(c1)CN(C)C2. The van der Waals surface area contributed by atoms with Crippen molar-refractivity contribution < 1.29 is 28.3 Å². The summed E-state index contributed by atoms with van der Waals surface area (Å²) < 4.78 is 24.0. The van der Waals surface area contributed by atoms with Crippen molar-refractivity contribution in [2.45, 2.75) is 118 Å². The van der Waals surface area contributed by atoms with Crippen LogP contribution in [0.25, 0.3) is 0 Å². The molecule has 2 aromatic rings. The number of ether oxygens (including phenoxy) is 3. The number of esters is 1. The predicted molar refractivity (Wildman–Crippen MR) is 201 cm³/mol. The van der Waals surface area contributed by atoms with E-state index in [1.807, 2.05) is 20.8 Å². The first-order valence-electron chi connectivity index (χ1n) is 16.9. The monoisotopic (exact) mass is 779 g/mol. The number of hydrogen-bond acceptors (Lipinski definition) is 7. The lowest BCUT2D eigenvalue weighted by molar-refractivity contribution is -0.138. The topological polar surface area (TPSA) is 74.3 Å². The highest BCUT2D eigenvalue weighted by atomic mass is 127. The molecule has 2 aliphatic heterocycles. The van der Waals surface area contributed by atoms with Crippen molar-refractivity contribution in [2.75, 3.05) is 24.2 Å². The van der Waals surface area contributed by atoms with Gasteiger partial charge in [-0.15, -0.1) is 0 Å². The summed E-state index contributed by atoms with van der Waals surface area (Å²) in [5, 5.41) is 0. The van der Waals surface area contributed by atoms with Crippen molar-refractivity contribution in [1.82, 2.24) is 4.90 Å². The number of cyclic esters (lactones) is 1. The molecule has 2 aromatic carbocycles. The summed E-state index contributed by atoms with van der Waals surface area (Å²) in [6, 6.07) is 6.68. The molecule has 0 bridgehead atoms. The van der Waals surface area contributed by atoms with E-state index in [0.29, 0.717) is 30.9 Å². The van der Waals surface area contributed by atoms with Crippen LogP contribution in [-0.4, -0.2) is 52.8 Å². The molecular weight excluding hydrogens is 724 g/mol. The molecule has 0 radical (unpaired) electrons. The molecule has 0 N–H and O–H groups in total. The van der Waals surface area contributed by atoms with Crippen LogP contribution in [0.15, 0.2) is 29.8 Å². The Morgan fingerprint density at radius 1 is 1.15 bits per heavy atom. The van der Waals surface area contributed by atoms with Crippen LogP contribution in [0.2, 0.25) is 0 Å². The minimum Gasteiger partial charge on any atom is -0.492 e. The summed E-state index contributed by atoms with van der Waals surface area (Å²) in [7, 11) is 1.49. The Kier molecular flexibility index (Phi) is 15.5. The first-order chi connectivity index (χ1) is 22.4. The Morgan fingerprint density at radius 3 is 2.47 bits per heavy atom. The van der Waals surface area contributed by atoms with Gasteiger partial charge in [0.15, 0.2) is 0 Å². The van der Waals surface area contributed by atoms with Gasteiger partial charge in [0.05, 0.1) is 14.8 Å². The summed E-state index contributed by atoms with van der Waals surface area (Å²) in [4.78, 5) is 24.7. The molecule has 0 amide bonds. The first kappa shape index (κ1) is 39.3. The number of carbonyl (C=O) groups excluding carboxylic acids is 2. The Bertz CT molecular complexity index is 1400. The van der Waals surface area contributed by atoms with Gasteiger partial charge in [0.2, 0.25) is 0 Å². The van der Waals surface area contributed by atoms with Gasteiger partial charge in [-0.05, 0) is 102 Å². The predicted octanol–water partition coefficient (Wildman–Crippen LogP) is 9.49. The van der Waals surface area contributed by atoms with Crippen LogP contribution in [-0.2, 0) is 46.8 Å². The fraction of sp³-hybridized carbons (Fsp3) is 0.579. The molecule has 0 spiro atoms. The number of carbonyl (C=O) groups is 2. The molecule has 4 rings (SSSR count). The highest BCUT2D eigenvalue weighted by Crippen LogP contribution is 2.48. The van der Waals surface area contributed by atoms with E-state index in [-0.39, 0.29) is 11.6 Å². The number of fused-ring (bicyclic) bond motifs is 2. The van der Waals surface area contributed by atoms with Crippen LogP contribution < -0.4 is 9.26 Å². The third kappa shape index (κ3) is 10.9. The van der Waals surface area contributed by atoms with E-state index >= 15 is 0 Å². The van der Waals surface area contributed by atoms with Crippen molar-refractivity contribution in [3.8, 4) is 11.5 Å². The number of allylic oxidation sites excluding steroid dienone is 2. The third-order valence-electron chi connectivity index (χ3n) is 8.54. The molecule has 2 aliphatic rings. The van der Waals surface area contributed by atoms with Gasteiger partial charge in [0, 0.05) is 40.5 Å². The molecule has 7 nitrogen and oxygen atoms in total. The van der Waals surface area contributed by atoms with E-state index in [9.17, 15) is 9.59 Å². The van der Waals surface area contributed by atoms with Crippen molar-refractivity contribution in [3.05, 3.63) is 68.8 Å². The van der Waals surface area contributed by atoms with Crippen LogP contribution in [0, 0.1) is 6.92 Å². The lowest BCUT2D eigenvalue weighted by atomic mass is 9.89. The van der Waals surface area contributed by atoms with Crippen molar-refractivity contribution >= 4 is 43.2 Å². The van der Waals surface area contributed by atoms with E-state index in [0.717, 1.165) is 65.6 Å². The standard InChI is InChI=1S/C33H45INO4P.C5H10O2/c1-7-10-27(8-2)40(39-26-13-12-24-18-35(6)19-25(24)17-26)21-22(4)11-14-29-28(9-3)23(5)30-20-38-33(36)31(30)32(29)37-16-15-34;1-5(2,3)7-4-6/h11-13,17,27H,7-10,14-16,18-21H2,1-6H3;4H,1-3H3/b22-11+;. The molecule has 2 unspecified atom stereocenters. The van der Waals surface area contributed by atoms with Gasteiger partial charge in [0.25, 0.3) is 6.47 Å². The maximum Gasteiger partial charge on any atom is 0.342 e. The van der Waals surface area contributed by atoms with Gasteiger partial charge >= 0.3 is 5.97 Å². The second kappa shape index (κ2) is 18.6. The number of alkyl halides is 1. The Hall–Kier alpha value is -2.16. The first-order valence-corrected chi connectivity index (χ1v) is 20.0. The maximum absolute atomic E-state index is 12.7. The summed E-state index contributed by atoms with van der Waals surface area (Å²) in [6.07, 6.45) is 8.40. The normalized spacial score (nSPS) is 15.6. The number of hydrogen-bond donors (Lipinski definition) is 0. The molecule has 0 aliphatic carbocycles. The van der Waals surface area contributed by atoms with Gasteiger partial charge in [-0.3, -0.25) is 9.69 Å². The highest BCUT2D eigenvalue weighted by Gasteiger charge is 2.32. The van der Waals surface area contributed by atoms with Crippen molar-refractivity contribution in [1.29, 1.82) is 0 Å². The van der Waals surface area contributed by atoms with E-state index in [1.165, 1.54) is 40.7 Å². The zero-order valence-corrected chi connectivity index (χ0v) is 33.0. The van der Waals surface area contributed by atoms with Gasteiger partial charge in [-0.1, -0.05) is 67.5 Å². The summed E-state index contributed by atoms with van der Waals surface area (Å²) in [5.41, 5.74) is 9.61. The largest absolute Gasteiger partial charge is 0.492 e. The smallest absolute Gasteiger partial charge is 0.342 e. The van der Waals surface area contributed by atoms with Crippen LogP contribution in [0.4, 0.5) is 0 Å². The molecule has 2 heterocycles. The van der Waals surface area contributed by atoms with E-state index < -0.39 is 8.15 Å². The number of halogens is 1. The second-order valence-corrected chi connectivity index (χ2v) is 16.6. The van der Waals surface area contributed by atoms with Gasteiger partial charge in [0.1, 0.15) is 29.3 Å². The number of nitrogens with zero attached hydrogens (tertiary/aromatic N) is 1.